The quantitative estimate of drug-likeness (QED) is 0.779. The summed E-state index contributed by atoms with van der Waals surface area (Å²) in [6.07, 6.45) is 0.574. The maximum atomic E-state index is 11.7. The third-order valence-corrected chi connectivity index (χ3v) is 3.66. The fourth-order valence-corrected chi connectivity index (χ4v) is 2.80. The molecule has 4 nitrogen and oxygen atoms in total. The van der Waals surface area contributed by atoms with E-state index in [9.17, 15) is 8.42 Å². The molecule has 1 atom stereocenters. The van der Waals surface area contributed by atoms with Crippen molar-refractivity contribution in [3.8, 4) is 0 Å². The molecule has 90 valence electrons. The van der Waals surface area contributed by atoms with Crippen LogP contribution in [0.1, 0.15) is 18.9 Å². The molecule has 2 N–H and O–H groups in total. The second-order valence-corrected chi connectivity index (χ2v) is 5.40. The maximum Gasteiger partial charge on any atom is 0.216 e. The number of nitrogens with one attached hydrogen (secondary N) is 1. The molecule has 0 unspecified atom stereocenters. The topological polar surface area (TPSA) is 66.4 Å². The highest BCUT2D eigenvalue weighted by Crippen LogP contribution is 2.05. The summed E-state index contributed by atoms with van der Waals surface area (Å²) in [5.74, 6) is -0.0513. The summed E-state index contributed by atoms with van der Waals surface area (Å²) in [4.78, 5) is 0. The van der Waals surface area contributed by atoms with Crippen LogP contribution in [0.25, 0.3) is 0 Å². The standard InChI is InChI=1S/C11H17NO3S/c1-2-11(8-13)12-16(14,15)9-10-6-4-3-5-7-10/h3-7,11-13H,2,8-9H2,1H3/t11-/m1/s1. The highest BCUT2D eigenvalue weighted by atomic mass is 32.2. The van der Waals surface area contributed by atoms with Gasteiger partial charge in [0.05, 0.1) is 12.4 Å². The number of rotatable bonds is 6. The number of sulfonamides is 1. The number of benzene rings is 1. The van der Waals surface area contributed by atoms with E-state index >= 15 is 0 Å². The van der Waals surface area contributed by atoms with Crippen molar-refractivity contribution in [2.45, 2.75) is 25.1 Å². The minimum absolute atomic E-state index is 0.0513. The summed E-state index contributed by atoms with van der Waals surface area (Å²) in [6.45, 7) is 1.65. The van der Waals surface area contributed by atoms with Gasteiger partial charge in [0.2, 0.25) is 10.0 Å². The van der Waals surface area contributed by atoms with Crippen molar-refractivity contribution in [1.82, 2.24) is 4.72 Å². The van der Waals surface area contributed by atoms with Gasteiger partial charge in [-0.25, -0.2) is 13.1 Å². The summed E-state index contributed by atoms with van der Waals surface area (Å²) in [6, 6.07) is 8.57. The summed E-state index contributed by atoms with van der Waals surface area (Å²) < 4.78 is 25.9. The Balaban J connectivity index is 2.66. The Morgan fingerprint density at radius 1 is 1.31 bits per heavy atom. The Morgan fingerprint density at radius 2 is 1.94 bits per heavy atom. The van der Waals surface area contributed by atoms with E-state index in [-0.39, 0.29) is 12.4 Å². The van der Waals surface area contributed by atoms with Crippen LogP contribution in [0.4, 0.5) is 0 Å². The molecule has 0 heterocycles. The molecular weight excluding hydrogens is 226 g/mol. The number of aliphatic hydroxyl groups excluding tert-OH is 1. The molecule has 0 aliphatic carbocycles. The lowest BCUT2D eigenvalue weighted by molar-refractivity contribution is 0.254. The van der Waals surface area contributed by atoms with E-state index in [1.54, 1.807) is 24.3 Å². The van der Waals surface area contributed by atoms with E-state index in [2.05, 4.69) is 4.72 Å². The van der Waals surface area contributed by atoms with Crippen molar-refractivity contribution in [3.05, 3.63) is 35.9 Å². The van der Waals surface area contributed by atoms with Crippen LogP contribution in [-0.4, -0.2) is 26.2 Å². The summed E-state index contributed by atoms with van der Waals surface area (Å²) in [5.41, 5.74) is 0.739. The SMILES string of the molecule is CC[C@H](CO)NS(=O)(=O)Cc1ccccc1. The van der Waals surface area contributed by atoms with Crippen LogP contribution in [-0.2, 0) is 15.8 Å². The Labute approximate surface area is 96.4 Å². The van der Waals surface area contributed by atoms with Gasteiger partial charge in [-0.15, -0.1) is 0 Å². The van der Waals surface area contributed by atoms with E-state index in [0.717, 1.165) is 5.56 Å². The van der Waals surface area contributed by atoms with Crippen molar-refractivity contribution >= 4 is 10.0 Å². The van der Waals surface area contributed by atoms with Gasteiger partial charge >= 0.3 is 0 Å². The monoisotopic (exact) mass is 243 g/mol. The summed E-state index contributed by atoms with van der Waals surface area (Å²) in [7, 11) is -3.37. The van der Waals surface area contributed by atoms with E-state index in [4.69, 9.17) is 5.11 Å². The molecule has 0 aliphatic heterocycles. The first-order chi connectivity index (χ1) is 7.57. The normalized spacial score (nSPS) is 13.6. The molecule has 1 aromatic rings. The van der Waals surface area contributed by atoms with Gasteiger partial charge in [0.1, 0.15) is 0 Å². The van der Waals surface area contributed by atoms with Crippen LogP contribution in [0.15, 0.2) is 30.3 Å². The first-order valence-electron chi connectivity index (χ1n) is 5.22. The smallest absolute Gasteiger partial charge is 0.216 e. The van der Waals surface area contributed by atoms with Crippen molar-refractivity contribution in [2.75, 3.05) is 6.61 Å². The molecule has 0 aromatic heterocycles. The third-order valence-electron chi connectivity index (χ3n) is 2.26. The molecular formula is C11H17NO3S. The Kier molecular flexibility index (Phi) is 4.92. The average molecular weight is 243 g/mol. The van der Waals surface area contributed by atoms with Gasteiger partial charge < -0.3 is 5.11 Å². The zero-order chi connectivity index (χ0) is 12.0. The van der Waals surface area contributed by atoms with Crippen LogP contribution in [0.5, 0.6) is 0 Å². The molecule has 0 radical (unpaired) electrons. The lowest BCUT2D eigenvalue weighted by Crippen LogP contribution is -2.37. The molecule has 16 heavy (non-hydrogen) atoms. The van der Waals surface area contributed by atoms with Crippen molar-refractivity contribution < 1.29 is 13.5 Å². The van der Waals surface area contributed by atoms with Gasteiger partial charge in [0.15, 0.2) is 0 Å². The lowest BCUT2D eigenvalue weighted by atomic mass is 10.2. The predicted molar refractivity (Wildman–Crippen MR) is 63.4 cm³/mol. The first kappa shape index (κ1) is 13.2. The molecule has 0 fully saturated rings. The van der Waals surface area contributed by atoms with Crippen molar-refractivity contribution in [1.29, 1.82) is 0 Å². The van der Waals surface area contributed by atoms with E-state index in [1.165, 1.54) is 0 Å². The molecule has 0 bridgehead atoms. The van der Waals surface area contributed by atoms with E-state index < -0.39 is 16.1 Å². The molecule has 0 saturated heterocycles. The fourth-order valence-electron chi connectivity index (χ4n) is 1.34. The largest absolute Gasteiger partial charge is 0.395 e. The van der Waals surface area contributed by atoms with Crippen LogP contribution in [0.2, 0.25) is 0 Å². The first-order valence-corrected chi connectivity index (χ1v) is 6.87. The minimum atomic E-state index is -3.37. The van der Waals surface area contributed by atoms with Gasteiger partial charge in [-0.05, 0) is 12.0 Å². The predicted octanol–water partition coefficient (Wildman–Crippen LogP) is 0.877. The fraction of sp³-hybridized carbons (Fsp3) is 0.455. The summed E-state index contributed by atoms with van der Waals surface area (Å²) >= 11 is 0. The van der Waals surface area contributed by atoms with Crippen molar-refractivity contribution in [3.63, 3.8) is 0 Å². The second-order valence-electron chi connectivity index (χ2n) is 3.65. The molecule has 1 aromatic carbocycles. The molecule has 0 spiro atoms. The number of aliphatic hydroxyl groups is 1. The highest BCUT2D eigenvalue weighted by Gasteiger charge is 2.16. The van der Waals surface area contributed by atoms with Gasteiger partial charge in [-0.2, -0.15) is 0 Å². The molecule has 5 heteroatoms. The van der Waals surface area contributed by atoms with Gasteiger partial charge in [-0.1, -0.05) is 37.3 Å². The van der Waals surface area contributed by atoms with Crippen LogP contribution in [0.3, 0.4) is 0 Å². The maximum absolute atomic E-state index is 11.7. The molecule has 1 rings (SSSR count). The van der Waals surface area contributed by atoms with E-state index in [0.29, 0.717) is 6.42 Å². The van der Waals surface area contributed by atoms with Gasteiger partial charge in [-0.3, -0.25) is 0 Å². The van der Waals surface area contributed by atoms with Crippen molar-refractivity contribution in [2.24, 2.45) is 0 Å². The Hall–Kier alpha value is -0.910. The molecule has 0 amide bonds. The number of hydrogen-bond acceptors (Lipinski definition) is 3. The van der Waals surface area contributed by atoms with E-state index in [1.807, 2.05) is 13.0 Å². The number of hydrogen-bond donors (Lipinski definition) is 2. The van der Waals surface area contributed by atoms with Crippen LogP contribution in [0, 0.1) is 0 Å². The van der Waals surface area contributed by atoms with Gasteiger partial charge in [0.25, 0.3) is 0 Å². The Bertz CT molecular complexity index is 398. The molecule has 0 aliphatic rings. The zero-order valence-corrected chi connectivity index (χ0v) is 10.1. The zero-order valence-electron chi connectivity index (χ0n) is 9.26. The minimum Gasteiger partial charge on any atom is -0.395 e. The summed E-state index contributed by atoms with van der Waals surface area (Å²) in [5, 5.41) is 8.93. The Morgan fingerprint density at radius 3 is 2.44 bits per heavy atom. The molecule has 0 saturated carbocycles. The lowest BCUT2D eigenvalue weighted by Gasteiger charge is -2.14. The van der Waals surface area contributed by atoms with Gasteiger partial charge in [0, 0.05) is 6.04 Å². The third kappa shape index (κ3) is 4.30. The van der Waals surface area contributed by atoms with Crippen LogP contribution >= 0.6 is 0 Å². The average Bonchev–Trinajstić information content (AvgIpc) is 2.26. The second kappa shape index (κ2) is 5.98. The highest BCUT2D eigenvalue weighted by molar-refractivity contribution is 7.88. The van der Waals surface area contributed by atoms with Crippen LogP contribution < -0.4 is 4.72 Å².